The third-order valence-electron chi connectivity index (χ3n) is 4.15. The zero-order chi connectivity index (χ0) is 15.6. The second-order valence-corrected chi connectivity index (χ2v) is 7.33. The molecular weight excluding hydrogens is 262 g/mol. The first-order chi connectivity index (χ1) is 9.77. The van der Waals surface area contributed by atoms with Gasteiger partial charge in [0.1, 0.15) is 0 Å². The largest absolute Gasteiger partial charge is 0.459 e. The molecule has 0 spiro atoms. The van der Waals surface area contributed by atoms with Crippen LogP contribution in [0.5, 0.6) is 0 Å². The van der Waals surface area contributed by atoms with Crippen LogP contribution in [0.25, 0.3) is 0 Å². The molecule has 0 bridgehead atoms. The van der Waals surface area contributed by atoms with Gasteiger partial charge in [-0.2, -0.15) is 0 Å². The van der Waals surface area contributed by atoms with Gasteiger partial charge in [-0.3, -0.25) is 0 Å². The van der Waals surface area contributed by atoms with E-state index in [0.717, 1.165) is 5.69 Å². The smallest absolute Gasteiger partial charge is 0.338 e. The maximum Gasteiger partial charge on any atom is 0.338 e. The molecule has 1 aliphatic carbocycles. The Kier molecular flexibility index (Phi) is 4.60. The second kappa shape index (κ2) is 6.08. The fourth-order valence-corrected chi connectivity index (χ4v) is 3.29. The standard InChI is InChI=1S/C18H27NO2/c1-12(2)21-17(20)14-6-8-15(9-7-14)19-16-11-18(4,5)10-13(16)3/h6-9,12-13,16,19H,10-11H2,1-5H3. The van der Waals surface area contributed by atoms with Crippen molar-refractivity contribution in [1.29, 1.82) is 0 Å². The van der Waals surface area contributed by atoms with Gasteiger partial charge in [0, 0.05) is 11.7 Å². The van der Waals surface area contributed by atoms with Crippen molar-refractivity contribution < 1.29 is 9.53 Å². The van der Waals surface area contributed by atoms with Gasteiger partial charge in [-0.05, 0) is 62.3 Å². The number of carbonyl (C=O) groups is 1. The van der Waals surface area contributed by atoms with Crippen LogP contribution in [0.4, 0.5) is 5.69 Å². The number of nitrogens with one attached hydrogen (secondary N) is 1. The van der Waals surface area contributed by atoms with Crippen molar-refractivity contribution in [2.45, 2.75) is 59.6 Å². The normalized spacial score (nSPS) is 24.1. The molecule has 0 aliphatic heterocycles. The molecule has 1 aliphatic rings. The van der Waals surface area contributed by atoms with Crippen molar-refractivity contribution in [2.24, 2.45) is 11.3 Å². The summed E-state index contributed by atoms with van der Waals surface area (Å²) in [5, 5.41) is 3.60. The molecule has 3 heteroatoms. The van der Waals surface area contributed by atoms with Crippen LogP contribution in [-0.2, 0) is 4.74 Å². The van der Waals surface area contributed by atoms with E-state index >= 15 is 0 Å². The van der Waals surface area contributed by atoms with Crippen molar-refractivity contribution in [2.75, 3.05) is 5.32 Å². The Morgan fingerprint density at radius 1 is 1.24 bits per heavy atom. The molecule has 21 heavy (non-hydrogen) atoms. The van der Waals surface area contributed by atoms with Crippen LogP contribution >= 0.6 is 0 Å². The van der Waals surface area contributed by atoms with E-state index < -0.39 is 0 Å². The number of carbonyl (C=O) groups excluding carboxylic acids is 1. The maximum absolute atomic E-state index is 11.8. The molecule has 1 aromatic rings. The molecule has 1 N–H and O–H groups in total. The number of hydrogen-bond acceptors (Lipinski definition) is 3. The highest BCUT2D eigenvalue weighted by Crippen LogP contribution is 2.42. The highest BCUT2D eigenvalue weighted by Gasteiger charge is 2.36. The first kappa shape index (κ1) is 15.9. The summed E-state index contributed by atoms with van der Waals surface area (Å²) in [4.78, 5) is 11.8. The summed E-state index contributed by atoms with van der Waals surface area (Å²) < 4.78 is 5.19. The number of rotatable bonds is 4. The molecule has 2 rings (SSSR count). The minimum Gasteiger partial charge on any atom is -0.459 e. The van der Waals surface area contributed by atoms with Gasteiger partial charge in [0.15, 0.2) is 0 Å². The number of hydrogen-bond donors (Lipinski definition) is 1. The molecule has 2 atom stereocenters. The number of esters is 1. The summed E-state index contributed by atoms with van der Waals surface area (Å²) in [7, 11) is 0. The molecule has 0 aromatic heterocycles. The Morgan fingerprint density at radius 2 is 1.86 bits per heavy atom. The van der Waals surface area contributed by atoms with Gasteiger partial charge >= 0.3 is 5.97 Å². The fourth-order valence-electron chi connectivity index (χ4n) is 3.29. The van der Waals surface area contributed by atoms with Gasteiger partial charge in [0.05, 0.1) is 11.7 Å². The summed E-state index contributed by atoms with van der Waals surface area (Å²) in [6.07, 6.45) is 2.35. The van der Waals surface area contributed by atoms with Crippen LogP contribution in [0.1, 0.15) is 57.8 Å². The molecule has 0 saturated heterocycles. The van der Waals surface area contributed by atoms with Gasteiger partial charge in [0.2, 0.25) is 0 Å². The lowest BCUT2D eigenvalue weighted by Gasteiger charge is -2.20. The van der Waals surface area contributed by atoms with Crippen LogP contribution in [-0.4, -0.2) is 18.1 Å². The topological polar surface area (TPSA) is 38.3 Å². The molecule has 1 aromatic carbocycles. The van der Waals surface area contributed by atoms with Crippen LogP contribution < -0.4 is 5.32 Å². The Hall–Kier alpha value is -1.51. The third-order valence-corrected chi connectivity index (χ3v) is 4.15. The Morgan fingerprint density at radius 3 is 2.33 bits per heavy atom. The van der Waals surface area contributed by atoms with E-state index in [4.69, 9.17) is 4.74 Å². The minimum atomic E-state index is -0.257. The number of benzene rings is 1. The van der Waals surface area contributed by atoms with E-state index in [2.05, 4.69) is 26.1 Å². The van der Waals surface area contributed by atoms with Gasteiger partial charge < -0.3 is 10.1 Å². The molecule has 1 fully saturated rings. The van der Waals surface area contributed by atoms with Crippen LogP contribution in [0, 0.1) is 11.3 Å². The van der Waals surface area contributed by atoms with E-state index in [0.29, 0.717) is 22.9 Å². The molecule has 1 saturated carbocycles. The van der Waals surface area contributed by atoms with Crippen molar-refractivity contribution in [3.8, 4) is 0 Å². The van der Waals surface area contributed by atoms with E-state index in [1.165, 1.54) is 12.8 Å². The highest BCUT2D eigenvalue weighted by atomic mass is 16.5. The minimum absolute atomic E-state index is 0.0862. The lowest BCUT2D eigenvalue weighted by molar-refractivity contribution is 0.0378. The zero-order valence-electron chi connectivity index (χ0n) is 13.8. The van der Waals surface area contributed by atoms with E-state index in [-0.39, 0.29) is 12.1 Å². The van der Waals surface area contributed by atoms with Crippen molar-refractivity contribution >= 4 is 11.7 Å². The Bertz CT molecular complexity index is 490. The predicted molar refractivity (Wildman–Crippen MR) is 86.6 cm³/mol. The fraction of sp³-hybridized carbons (Fsp3) is 0.611. The molecular formula is C18H27NO2. The summed E-state index contributed by atoms with van der Waals surface area (Å²) in [6, 6.07) is 8.10. The van der Waals surface area contributed by atoms with Crippen LogP contribution in [0.2, 0.25) is 0 Å². The van der Waals surface area contributed by atoms with Gasteiger partial charge in [0.25, 0.3) is 0 Å². The molecule has 3 nitrogen and oxygen atoms in total. The first-order valence-electron chi connectivity index (χ1n) is 7.84. The van der Waals surface area contributed by atoms with E-state index in [1.54, 1.807) is 0 Å². The average Bonchev–Trinajstić information content (AvgIpc) is 2.62. The van der Waals surface area contributed by atoms with Gasteiger partial charge in [-0.25, -0.2) is 4.79 Å². The summed E-state index contributed by atoms with van der Waals surface area (Å²) in [5.41, 5.74) is 2.10. The lowest BCUT2D eigenvalue weighted by atomic mass is 9.91. The SMILES string of the molecule is CC(C)OC(=O)c1ccc(NC2CC(C)(C)CC2C)cc1. The predicted octanol–water partition coefficient (Wildman–Crippen LogP) is 4.49. The quantitative estimate of drug-likeness (QED) is 0.830. The molecule has 2 unspecified atom stereocenters. The van der Waals surface area contributed by atoms with E-state index in [1.807, 2.05) is 38.1 Å². The van der Waals surface area contributed by atoms with Crippen LogP contribution in [0.3, 0.4) is 0 Å². The lowest BCUT2D eigenvalue weighted by Crippen LogP contribution is -2.22. The van der Waals surface area contributed by atoms with Crippen LogP contribution in [0.15, 0.2) is 24.3 Å². The monoisotopic (exact) mass is 289 g/mol. The van der Waals surface area contributed by atoms with Gasteiger partial charge in [-0.15, -0.1) is 0 Å². The van der Waals surface area contributed by atoms with E-state index in [9.17, 15) is 4.79 Å². The highest BCUT2D eigenvalue weighted by molar-refractivity contribution is 5.89. The maximum atomic E-state index is 11.8. The third kappa shape index (κ3) is 4.23. The second-order valence-electron chi connectivity index (χ2n) is 7.33. The molecule has 0 amide bonds. The van der Waals surface area contributed by atoms with Crippen molar-refractivity contribution in [1.82, 2.24) is 0 Å². The molecule has 0 radical (unpaired) electrons. The Labute approximate surface area is 128 Å². The number of anilines is 1. The summed E-state index contributed by atoms with van der Waals surface area (Å²) in [5.74, 6) is 0.414. The first-order valence-corrected chi connectivity index (χ1v) is 7.84. The number of ether oxygens (including phenoxy) is 1. The Balaban J connectivity index is 1.98. The summed E-state index contributed by atoms with van der Waals surface area (Å²) >= 11 is 0. The van der Waals surface area contributed by atoms with Crippen molar-refractivity contribution in [3.63, 3.8) is 0 Å². The zero-order valence-corrected chi connectivity index (χ0v) is 13.8. The van der Waals surface area contributed by atoms with Gasteiger partial charge in [-0.1, -0.05) is 20.8 Å². The van der Waals surface area contributed by atoms with Crippen molar-refractivity contribution in [3.05, 3.63) is 29.8 Å². The average molecular weight is 289 g/mol. The summed E-state index contributed by atoms with van der Waals surface area (Å²) in [6.45, 7) is 10.7. The molecule has 116 valence electrons. The molecule has 0 heterocycles.